The number of hydrogen-bond acceptors (Lipinski definition) is 4. The van der Waals surface area contributed by atoms with Gasteiger partial charge in [-0.2, -0.15) is 0 Å². The van der Waals surface area contributed by atoms with Crippen LogP contribution >= 0.6 is 0 Å². The van der Waals surface area contributed by atoms with Crippen molar-refractivity contribution in [1.29, 1.82) is 0 Å². The number of aromatic amines is 1. The number of carboxylic acid groups (broad SMARTS) is 1. The Bertz CT molecular complexity index is 388. The van der Waals surface area contributed by atoms with E-state index in [1.807, 2.05) is 6.92 Å². The molecule has 15 heavy (non-hydrogen) atoms. The topological polar surface area (TPSA) is 86.3 Å². The van der Waals surface area contributed by atoms with Gasteiger partial charge >= 0.3 is 5.97 Å². The summed E-state index contributed by atoms with van der Waals surface area (Å²) < 4.78 is 0. The van der Waals surface area contributed by atoms with Crippen LogP contribution in [0.2, 0.25) is 0 Å². The lowest BCUT2D eigenvalue weighted by Crippen LogP contribution is -2.27. The molecule has 0 saturated heterocycles. The molecule has 0 atom stereocenters. The number of nitrogens with zero attached hydrogens (tertiary/aromatic N) is 2. The number of H-pyrrole nitrogens is 1. The molecule has 1 aromatic rings. The van der Waals surface area contributed by atoms with Crippen LogP contribution in [-0.4, -0.2) is 34.1 Å². The van der Waals surface area contributed by atoms with E-state index in [1.54, 1.807) is 4.90 Å². The molecule has 0 aromatic carbocycles. The molecule has 0 radical (unpaired) electrons. The molecule has 6 heteroatoms. The summed E-state index contributed by atoms with van der Waals surface area (Å²) in [6.45, 7) is 2.84. The molecular formula is C9H13N3O3. The van der Waals surface area contributed by atoms with Crippen LogP contribution < -0.4 is 10.5 Å². The summed E-state index contributed by atoms with van der Waals surface area (Å²) >= 11 is 0. The van der Waals surface area contributed by atoms with Gasteiger partial charge < -0.3 is 15.0 Å². The Morgan fingerprint density at radius 3 is 2.93 bits per heavy atom. The highest BCUT2D eigenvalue weighted by molar-refractivity contribution is 5.67. The van der Waals surface area contributed by atoms with Crippen molar-refractivity contribution in [2.75, 3.05) is 18.0 Å². The lowest BCUT2D eigenvalue weighted by molar-refractivity contribution is -0.136. The van der Waals surface area contributed by atoms with Crippen molar-refractivity contribution in [2.24, 2.45) is 0 Å². The Labute approximate surface area is 86.6 Å². The van der Waals surface area contributed by atoms with Gasteiger partial charge in [0.1, 0.15) is 5.82 Å². The van der Waals surface area contributed by atoms with Gasteiger partial charge in [-0.3, -0.25) is 9.59 Å². The molecule has 0 bridgehead atoms. The standard InChI is InChI=1S/C9H13N3O3/c1-2-12(4-3-9(14)15)7-5-8(13)11-6-10-7/h5-6H,2-4H2,1H3,(H,14,15)(H,10,11,13). The van der Waals surface area contributed by atoms with E-state index in [2.05, 4.69) is 9.97 Å². The minimum absolute atomic E-state index is 0.0301. The van der Waals surface area contributed by atoms with Gasteiger partial charge in [0.05, 0.1) is 12.7 Å². The van der Waals surface area contributed by atoms with E-state index in [0.717, 1.165) is 0 Å². The Kier molecular flexibility index (Phi) is 3.84. The molecule has 82 valence electrons. The van der Waals surface area contributed by atoms with Crippen molar-refractivity contribution in [2.45, 2.75) is 13.3 Å². The van der Waals surface area contributed by atoms with Crippen LogP contribution in [0.3, 0.4) is 0 Å². The van der Waals surface area contributed by atoms with Crippen molar-refractivity contribution in [3.05, 3.63) is 22.7 Å². The van der Waals surface area contributed by atoms with Crippen LogP contribution in [0.25, 0.3) is 0 Å². The Morgan fingerprint density at radius 2 is 2.40 bits per heavy atom. The molecule has 0 aliphatic heterocycles. The quantitative estimate of drug-likeness (QED) is 0.719. The third kappa shape index (κ3) is 3.41. The Morgan fingerprint density at radius 1 is 1.67 bits per heavy atom. The average Bonchev–Trinajstić information content (AvgIpc) is 2.18. The Hall–Kier alpha value is -1.85. The molecule has 1 heterocycles. The number of aromatic nitrogens is 2. The van der Waals surface area contributed by atoms with Crippen LogP contribution in [-0.2, 0) is 4.79 Å². The third-order valence-corrected chi connectivity index (χ3v) is 1.97. The lowest BCUT2D eigenvalue weighted by atomic mass is 10.3. The molecule has 0 amide bonds. The molecule has 0 unspecified atom stereocenters. The van der Waals surface area contributed by atoms with Crippen molar-refractivity contribution in [3.8, 4) is 0 Å². The molecule has 0 aliphatic rings. The van der Waals surface area contributed by atoms with Gasteiger partial charge in [0.2, 0.25) is 0 Å². The molecule has 1 rings (SSSR count). The summed E-state index contributed by atoms with van der Waals surface area (Å²) in [6, 6.07) is 1.35. The third-order valence-electron chi connectivity index (χ3n) is 1.97. The van der Waals surface area contributed by atoms with Crippen molar-refractivity contribution >= 4 is 11.8 Å². The maximum atomic E-state index is 11.0. The van der Waals surface area contributed by atoms with Crippen molar-refractivity contribution in [3.63, 3.8) is 0 Å². The van der Waals surface area contributed by atoms with E-state index in [4.69, 9.17) is 5.11 Å². The maximum Gasteiger partial charge on any atom is 0.305 e. The number of hydrogen-bond donors (Lipinski definition) is 2. The second kappa shape index (κ2) is 5.14. The van der Waals surface area contributed by atoms with E-state index in [9.17, 15) is 9.59 Å². The summed E-state index contributed by atoms with van der Waals surface area (Å²) in [4.78, 5) is 29.5. The number of aliphatic carboxylic acids is 1. The Balaban J connectivity index is 2.74. The summed E-state index contributed by atoms with van der Waals surface area (Å²) in [6.07, 6.45) is 1.34. The predicted octanol–water partition coefficient (Wildman–Crippen LogP) is 0.0709. The van der Waals surface area contributed by atoms with Crippen LogP contribution in [0.4, 0.5) is 5.82 Å². The molecule has 0 saturated carbocycles. The molecule has 6 nitrogen and oxygen atoms in total. The van der Waals surface area contributed by atoms with Crippen molar-refractivity contribution in [1.82, 2.24) is 9.97 Å². The zero-order valence-corrected chi connectivity index (χ0v) is 8.43. The van der Waals surface area contributed by atoms with Crippen LogP contribution in [0.5, 0.6) is 0 Å². The number of nitrogens with one attached hydrogen (secondary N) is 1. The fraction of sp³-hybridized carbons (Fsp3) is 0.444. The van der Waals surface area contributed by atoms with Gasteiger partial charge in [-0.1, -0.05) is 0 Å². The first-order valence-electron chi connectivity index (χ1n) is 4.65. The highest BCUT2D eigenvalue weighted by Crippen LogP contribution is 2.06. The zero-order valence-electron chi connectivity index (χ0n) is 8.43. The highest BCUT2D eigenvalue weighted by Gasteiger charge is 2.07. The highest BCUT2D eigenvalue weighted by atomic mass is 16.4. The zero-order chi connectivity index (χ0) is 11.3. The van der Waals surface area contributed by atoms with Crippen LogP contribution in [0.15, 0.2) is 17.2 Å². The van der Waals surface area contributed by atoms with Gasteiger partial charge in [0.15, 0.2) is 0 Å². The first-order chi connectivity index (χ1) is 7.13. The van der Waals surface area contributed by atoms with Gasteiger partial charge in [0, 0.05) is 19.2 Å². The summed E-state index contributed by atoms with van der Waals surface area (Å²) in [5, 5.41) is 8.54. The largest absolute Gasteiger partial charge is 0.481 e. The normalized spacial score (nSPS) is 9.93. The maximum absolute atomic E-state index is 11.0. The lowest BCUT2D eigenvalue weighted by Gasteiger charge is -2.20. The molecule has 0 fully saturated rings. The summed E-state index contributed by atoms with van der Waals surface area (Å²) in [7, 11) is 0. The number of anilines is 1. The number of carboxylic acids is 1. The number of carbonyl (C=O) groups is 1. The molecule has 0 aliphatic carbocycles. The van der Waals surface area contributed by atoms with Crippen LogP contribution in [0, 0.1) is 0 Å². The number of rotatable bonds is 5. The fourth-order valence-electron chi connectivity index (χ4n) is 1.20. The average molecular weight is 211 g/mol. The van der Waals surface area contributed by atoms with E-state index in [-0.39, 0.29) is 12.0 Å². The second-order valence-corrected chi connectivity index (χ2v) is 2.99. The predicted molar refractivity (Wildman–Crippen MR) is 55.0 cm³/mol. The molecule has 2 N–H and O–H groups in total. The van der Waals surface area contributed by atoms with E-state index in [1.165, 1.54) is 12.4 Å². The van der Waals surface area contributed by atoms with Gasteiger partial charge in [-0.15, -0.1) is 0 Å². The van der Waals surface area contributed by atoms with Crippen molar-refractivity contribution < 1.29 is 9.90 Å². The molecule has 1 aromatic heterocycles. The van der Waals surface area contributed by atoms with Gasteiger partial charge in [-0.05, 0) is 6.92 Å². The van der Waals surface area contributed by atoms with E-state index >= 15 is 0 Å². The minimum Gasteiger partial charge on any atom is -0.481 e. The van der Waals surface area contributed by atoms with E-state index in [0.29, 0.717) is 18.9 Å². The first kappa shape index (κ1) is 11.2. The minimum atomic E-state index is -0.863. The SMILES string of the molecule is CCN(CCC(=O)O)c1cc(=O)[nH]cn1. The van der Waals surface area contributed by atoms with E-state index < -0.39 is 5.97 Å². The summed E-state index contributed by atoms with van der Waals surface area (Å²) in [5.41, 5.74) is -0.242. The monoisotopic (exact) mass is 211 g/mol. The van der Waals surface area contributed by atoms with Crippen LogP contribution in [0.1, 0.15) is 13.3 Å². The first-order valence-corrected chi connectivity index (χ1v) is 4.65. The molecular weight excluding hydrogens is 198 g/mol. The fourth-order valence-corrected chi connectivity index (χ4v) is 1.20. The summed E-state index contributed by atoms with van der Waals surface area (Å²) in [5.74, 6) is -0.360. The smallest absolute Gasteiger partial charge is 0.305 e. The van der Waals surface area contributed by atoms with Gasteiger partial charge in [0.25, 0.3) is 5.56 Å². The second-order valence-electron chi connectivity index (χ2n) is 2.99. The molecule has 0 spiro atoms. The van der Waals surface area contributed by atoms with Gasteiger partial charge in [-0.25, -0.2) is 4.98 Å².